The van der Waals surface area contributed by atoms with E-state index in [1.807, 2.05) is 42.5 Å². The van der Waals surface area contributed by atoms with Crippen molar-refractivity contribution in [3.8, 4) is 11.5 Å². The number of amides is 2. The number of fused-ring (bicyclic) bond motifs is 2. The van der Waals surface area contributed by atoms with Crippen molar-refractivity contribution in [1.29, 1.82) is 0 Å². The van der Waals surface area contributed by atoms with E-state index in [1.54, 1.807) is 25.1 Å². The Balaban J connectivity index is 1.36. The van der Waals surface area contributed by atoms with Crippen LogP contribution in [0.2, 0.25) is 0 Å². The van der Waals surface area contributed by atoms with E-state index in [1.165, 1.54) is 0 Å². The normalized spacial score (nSPS) is 14.5. The van der Waals surface area contributed by atoms with Crippen molar-refractivity contribution in [3.05, 3.63) is 71.8 Å². The summed E-state index contributed by atoms with van der Waals surface area (Å²) in [6.07, 6.45) is 0. The highest BCUT2D eigenvalue weighted by Gasteiger charge is 2.26. The van der Waals surface area contributed by atoms with Crippen LogP contribution in [0.1, 0.15) is 18.1 Å². The summed E-state index contributed by atoms with van der Waals surface area (Å²) in [5, 5.41) is 18.6. The summed E-state index contributed by atoms with van der Waals surface area (Å²) >= 11 is 0. The second-order valence-corrected chi connectivity index (χ2v) is 7.02. The fourth-order valence-corrected chi connectivity index (χ4v) is 3.27. The van der Waals surface area contributed by atoms with Gasteiger partial charge in [0.05, 0.1) is 6.54 Å². The number of ether oxygens (including phenoxy) is 2. The molecule has 0 aromatic heterocycles. The molecule has 3 aromatic rings. The number of aliphatic hydroxyl groups is 1. The predicted octanol–water partition coefficient (Wildman–Crippen LogP) is 3.28. The van der Waals surface area contributed by atoms with Gasteiger partial charge in [-0.05, 0) is 41.0 Å². The van der Waals surface area contributed by atoms with Crippen LogP contribution in [0, 0.1) is 0 Å². The number of carbonyl (C=O) groups is 1. The molecule has 1 heterocycles. The van der Waals surface area contributed by atoms with Crippen LogP contribution in [0.15, 0.2) is 60.7 Å². The number of hydrogen-bond donors (Lipinski definition) is 3. The fraction of sp³-hybridized carbons (Fsp3) is 0.227. The Labute approximate surface area is 163 Å². The van der Waals surface area contributed by atoms with Crippen LogP contribution < -0.4 is 20.1 Å². The van der Waals surface area contributed by atoms with Crippen molar-refractivity contribution >= 4 is 16.8 Å². The zero-order valence-corrected chi connectivity index (χ0v) is 15.6. The SMILES string of the molecule is C[C@@](O)(CNC(=O)NCc1cccc2ccccc12)c1ccc2c(c1)OCO2. The molecule has 0 saturated heterocycles. The van der Waals surface area contributed by atoms with E-state index < -0.39 is 5.60 Å². The number of urea groups is 1. The lowest BCUT2D eigenvalue weighted by Crippen LogP contribution is -2.43. The molecule has 1 atom stereocenters. The lowest BCUT2D eigenvalue weighted by Gasteiger charge is -2.24. The van der Waals surface area contributed by atoms with E-state index in [-0.39, 0.29) is 19.4 Å². The lowest BCUT2D eigenvalue weighted by molar-refractivity contribution is 0.0591. The van der Waals surface area contributed by atoms with Gasteiger partial charge in [0.25, 0.3) is 0 Å². The molecular formula is C22H22N2O4. The molecular weight excluding hydrogens is 356 g/mol. The van der Waals surface area contributed by atoms with Gasteiger partial charge in [-0.25, -0.2) is 4.79 Å². The average Bonchev–Trinajstić information content (AvgIpc) is 3.18. The van der Waals surface area contributed by atoms with E-state index in [0.717, 1.165) is 16.3 Å². The van der Waals surface area contributed by atoms with Gasteiger partial charge in [-0.2, -0.15) is 0 Å². The Kier molecular flexibility index (Phi) is 4.79. The first-order valence-corrected chi connectivity index (χ1v) is 9.14. The Morgan fingerprint density at radius 1 is 1.04 bits per heavy atom. The average molecular weight is 378 g/mol. The van der Waals surface area contributed by atoms with Crippen molar-refractivity contribution in [1.82, 2.24) is 10.6 Å². The van der Waals surface area contributed by atoms with Crippen LogP contribution in [-0.4, -0.2) is 24.5 Å². The molecule has 2 amide bonds. The van der Waals surface area contributed by atoms with Crippen LogP contribution in [0.5, 0.6) is 11.5 Å². The highest BCUT2D eigenvalue weighted by atomic mass is 16.7. The summed E-state index contributed by atoms with van der Waals surface area (Å²) in [5.74, 6) is 1.25. The number of hydrogen-bond acceptors (Lipinski definition) is 4. The molecule has 1 aliphatic rings. The number of benzene rings is 3. The van der Waals surface area contributed by atoms with E-state index in [4.69, 9.17) is 9.47 Å². The summed E-state index contributed by atoms with van der Waals surface area (Å²) in [6.45, 7) is 2.29. The zero-order chi connectivity index (χ0) is 19.6. The maximum Gasteiger partial charge on any atom is 0.315 e. The molecule has 0 saturated carbocycles. The second kappa shape index (κ2) is 7.40. The Hall–Kier alpha value is -3.25. The number of carbonyl (C=O) groups excluding carboxylic acids is 1. The van der Waals surface area contributed by atoms with E-state index >= 15 is 0 Å². The van der Waals surface area contributed by atoms with Gasteiger partial charge in [-0.1, -0.05) is 48.5 Å². The summed E-state index contributed by atoms with van der Waals surface area (Å²) in [6, 6.07) is 19.0. The van der Waals surface area contributed by atoms with Gasteiger partial charge in [0.15, 0.2) is 11.5 Å². The Morgan fingerprint density at radius 2 is 1.82 bits per heavy atom. The molecule has 1 aliphatic heterocycles. The highest BCUT2D eigenvalue weighted by Crippen LogP contribution is 2.35. The van der Waals surface area contributed by atoms with Crippen molar-refractivity contribution < 1.29 is 19.4 Å². The molecule has 0 spiro atoms. The minimum Gasteiger partial charge on any atom is -0.454 e. The second-order valence-electron chi connectivity index (χ2n) is 7.02. The molecule has 6 heteroatoms. The summed E-state index contributed by atoms with van der Waals surface area (Å²) in [4.78, 5) is 12.2. The van der Waals surface area contributed by atoms with Crippen molar-refractivity contribution in [3.63, 3.8) is 0 Å². The Bertz CT molecular complexity index is 1010. The molecule has 6 nitrogen and oxygen atoms in total. The van der Waals surface area contributed by atoms with Crippen LogP contribution in [-0.2, 0) is 12.1 Å². The van der Waals surface area contributed by atoms with E-state index in [2.05, 4.69) is 10.6 Å². The van der Waals surface area contributed by atoms with Crippen molar-refractivity contribution in [2.75, 3.05) is 13.3 Å². The third-order valence-electron chi connectivity index (χ3n) is 4.91. The van der Waals surface area contributed by atoms with Crippen LogP contribution in [0.3, 0.4) is 0 Å². The van der Waals surface area contributed by atoms with Gasteiger partial charge in [0.1, 0.15) is 5.60 Å². The molecule has 3 aromatic carbocycles. The number of rotatable bonds is 5. The van der Waals surface area contributed by atoms with E-state index in [0.29, 0.717) is 23.6 Å². The minimum absolute atomic E-state index is 0.0635. The van der Waals surface area contributed by atoms with Gasteiger partial charge in [0, 0.05) is 6.54 Å². The topological polar surface area (TPSA) is 79.8 Å². The van der Waals surface area contributed by atoms with Crippen molar-refractivity contribution in [2.24, 2.45) is 0 Å². The standard InChI is InChI=1S/C22H22N2O4/c1-22(26,17-9-10-19-20(11-17)28-14-27-19)13-24-21(25)23-12-16-7-4-6-15-5-2-3-8-18(15)16/h2-11,26H,12-14H2,1H3,(H2,23,24,25)/t22-/m1/s1. The first-order chi connectivity index (χ1) is 13.5. The maximum atomic E-state index is 12.2. The first-order valence-electron chi connectivity index (χ1n) is 9.14. The largest absolute Gasteiger partial charge is 0.454 e. The Morgan fingerprint density at radius 3 is 2.71 bits per heavy atom. The van der Waals surface area contributed by atoms with Crippen LogP contribution in [0.4, 0.5) is 4.79 Å². The highest BCUT2D eigenvalue weighted by molar-refractivity contribution is 5.86. The minimum atomic E-state index is -1.24. The third kappa shape index (κ3) is 3.73. The van der Waals surface area contributed by atoms with Crippen molar-refractivity contribution in [2.45, 2.75) is 19.1 Å². The maximum absolute atomic E-state index is 12.2. The van der Waals surface area contributed by atoms with Gasteiger partial charge in [0.2, 0.25) is 6.79 Å². The zero-order valence-electron chi connectivity index (χ0n) is 15.6. The number of nitrogens with one attached hydrogen (secondary N) is 2. The molecule has 4 rings (SSSR count). The molecule has 0 bridgehead atoms. The molecule has 0 fully saturated rings. The lowest BCUT2D eigenvalue weighted by atomic mass is 9.95. The fourth-order valence-electron chi connectivity index (χ4n) is 3.27. The molecule has 3 N–H and O–H groups in total. The molecule has 0 radical (unpaired) electrons. The third-order valence-corrected chi connectivity index (χ3v) is 4.91. The molecule has 28 heavy (non-hydrogen) atoms. The van der Waals surface area contributed by atoms with Gasteiger partial charge in [-0.3, -0.25) is 0 Å². The summed E-state index contributed by atoms with van der Waals surface area (Å²) in [7, 11) is 0. The quantitative estimate of drug-likeness (QED) is 0.637. The van der Waals surface area contributed by atoms with E-state index in [9.17, 15) is 9.90 Å². The van der Waals surface area contributed by atoms with Crippen LogP contribution in [0.25, 0.3) is 10.8 Å². The monoisotopic (exact) mass is 378 g/mol. The van der Waals surface area contributed by atoms with Gasteiger partial charge in [-0.15, -0.1) is 0 Å². The summed E-state index contributed by atoms with van der Waals surface area (Å²) < 4.78 is 10.6. The van der Waals surface area contributed by atoms with Crippen LogP contribution >= 0.6 is 0 Å². The smallest absolute Gasteiger partial charge is 0.315 e. The van der Waals surface area contributed by atoms with Gasteiger partial charge < -0.3 is 25.2 Å². The predicted molar refractivity (Wildman–Crippen MR) is 106 cm³/mol. The summed E-state index contributed by atoms with van der Waals surface area (Å²) in [5.41, 5.74) is 0.444. The molecule has 0 unspecified atom stereocenters. The molecule has 0 aliphatic carbocycles. The first kappa shape index (κ1) is 18.1. The van der Waals surface area contributed by atoms with Gasteiger partial charge >= 0.3 is 6.03 Å². The molecule has 144 valence electrons.